The number of allylic oxidation sites excluding steroid dienone is 1. The Morgan fingerprint density at radius 3 is 2.59 bits per heavy atom. The van der Waals surface area contributed by atoms with Gasteiger partial charge in [-0.3, -0.25) is 14.9 Å². The van der Waals surface area contributed by atoms with Gasteiger partial charge in [-0.2, -0.15) is 11.8 Å². The Labute approximate surface area is 221 Å². The van der Waals surface area contributed by atoms with Crippen molar-refractivity contribution in [1.29, 1.82) is 0 Å². The number of nitrogens with zero attached hydrogens (tertiary/aromatic N) is 1. The largest absolute Gasteiger partial charge is 0.478 e. The number of carboxylic acids is 1. The van der Waals surface area contributed by atoms with Crippen molar-refractivity contribution in [2.45, 2.75) is 51.0 Å². The number of anilines is 1. The molecule has 5 N–H and O–H groups in total. The number of ether oxygens (including phenoxy) is 2. The predicted molar refractivity (Wildman–Crippen MR) is 137 cm³/mol. The van der Waals surface area contributed by atoms with Gasteiger partial charge >= 0.3 is 18.2 Å². The number of nitrogens with one attached hydrogen (secondary N) is 2. The molecule has 1 aromatic rings. The third kappa shape index (κ3) is 6.68. The number of Topliss-reactive ketones (excluding diaryl/α,β-unsaturated/α-hetero) is 1. The van der Waals surface area contributed by atoms with Crippen LogP contribution in [0.1, 0.15) is 39.8 Å². The lowest BCUT2D eigenvalue weighted by Crippen LogP contribution is -2.65. The molecule has 1 saturated carbocycles. The number of hydrogen-bond donors (Lipinski definition) is 4. The molecule has 37 heavy (non-hydrogen) atoms. The molecule has 3 amide bonds. The molecule has 3 atom stereocenters. The van der Waals surface area contributed by atoms with Crippen molar-refractivity contribution in [1.82, 2.24) is 10.3 Å². The molecule has 3 rings (SSSR count). The first kappa shape index (κ1) is 28.2. The van der Waals surface area contributed by atoms with Crippen LogP contribution in [0.2, 0.25) is 0 Å². The number of hydrogen-bond acceptors (Lipinski definition) is 10. The molecule has 2 aliphatic rings. The van der Waals surface area contributed by atoms with Gasteiger partial charge in [-0.05, 0) is 32.8 Å². The van der Waals surface area contributed by atoms with Crippen LogP contribution in [0.4, 0.5) is 14.7 Å². The molecule has 0 aromatic carbocycles. The van der Waals surface area contributed by atoms with Gasteiger partial charge in [-0.1, -0.05) is 13.0 Å². The number of carbonyl (C=O) groups excluding carboxylic acids is 4. The highest BCUT2D eigenvalue weighted by atomic mass is 32.2. The smallest absolute Gasteiger partial charge is 0.413 e. The van der Waals surface area contributed by atoms with Crippen molar-refractivity contribution in [2.75, 3.05) is 17.7 Å². The first-order valence-corrected chi connectivity index (χ1v) is 13.2. The summed E-state index contributed by atoms with van der Waals surface area (Å²) in [6, 6.07) is -0.895. The maximum Gasteiger partial charge on any atom is 0.413 e. The standard InChI is InChI=1S/C23H28N4O8S2/c1-5-6-11(12-9-37-21(25-12)27-22(33)35-23(2,3)4)18(29)26-15-16(28)14-13(19(30)31)10(7-34-20(24)32)8-36-17(14)15/h6,9,14-15,17H,5,7-8H2,1-4H3,(H2,24,32)(H,26,29)(H,30,31)(H,25,27,33)/b11-6-/t14?,15-,17+/m1/s1. The topological polar surface area (TPSA) is 187 Å². The summed E-state index contributed by atoms with van der Waals surface area (Å²) in [5.74, 6) is -3.00. The number of nitrogens with two attached hydrogens (primary N) is 1. The zero-order valence-electron chi connectivity index (χ0n) is 20.7. The van der Waals surface area contributed by atoms with Gasteiger partial charge in [0.05, 0.1) is 22.8 Å². The Morgan fingerprint density at radius 1 is 1.30 bits per heavy atom. The molecule has 12 nitrogen and oxygen atoms in total. The van der Waals surface area contributed by atoms with E-state index < -0.39 is 52.7 Å². The molecule has 2 heterocycles. The van der Waals surface area contributed by atoms with E-state index in [0.717, 1.165) is 11.3 Å². The quantitative estimate of drug-likeness (QED) is 0.349. The third-order valence-corrected chi connectivity index (χ3v) is 7.56. The van der Waals surface area contributed by atoms with Crippen LogP contribution in [-0.2, 0) is 23.9 Å². The SMILES string of the molecule is CC/C=C(\C(=O)N[C@@H]1C(=O)C2C(C(=O)O)=C(COC(N)=O)CS[C@@H]21)c1csc(NC(=O)OC(C)(C)C)n1. The van der Waals surface area contributed by atoms with E-state index >= 15 is 0 Å². The normalized spacial score (nSPS) is 21.5. The number of carboxylic acid groups (broad SMARTS) is 1. The van der Waals surface area contributed by atoms with Gasteiger partial charge in [0, 0.05) is 16.4 Å². The minimum atomic E-state index is -1.28. The minimum absolute atomic E-state index is 0.123. The molecule has 1 unspecified atom stereocenters. The van der Waals surface area contributed by atoms with Crippen LogP contribution in [0.15, 0.2) is 22.6 Å². The zero-order chi connectivity index (χ0) is 27.5. The Hall–Kier alpha value is -3.39. The molecule has 1 aliphatic carbocycles. The minimum Gasteiger partial charge on any atom is -0.478 e. The van der Waals surface area contributed by atoms with Gasteiger partial charge in [-0.25, -0.2) is 19.4 Å². The second-order valence-electron chi connectivity index (χ2n) is 9.23. The van der Waals surface area contributed by atoms with Crippen LogP contribution in [-0.4, -0.2) is 69.2 Å². The van der Waals surface area contributed by atoms with Crippen LogP contribution in [0, 0.1) is 5.92 Å². The number of rotatable bonds is 8. The van der Waals surface area contributed by atoms with Gasteiger partial charge in [0.2, 0.25) is 0 Å². The lowest BCUT2D eigenvalue weighted by atomic mass is 9.71. The maximum atomic E-state index is 13.1. The highest BCUT2D eigenvalue weighted by Crippen LogP contribution is 2.45. The van der Waals surface area contributed by atoms with Crippen molar-refractivity contribution < 1.29 is 38.6 Å². The Balaban J connectivity index is 1.72. The van der Waals surface area contributed by atoms with Crippen molar-refractivity contribution in [2.24, 2.45) is 11.7 Å². The summed E-state index contributed by atoms with van der Waals surface area (Å²) in [6.45, 7) is 6.71. The molecule has 1 aromatic heterocycles. The number of aliphatic carboxylic acids is 1. The van der Waals surface area contributed by atoms with Crippen LogP contribution in [0.25, 0.3) is 5.57 Å². The molecular formula is C23H28N4O8S2. The van der Waals surface area contributed by atoms with E-state index in [-0.39, 0.29) is 28.6 Å². The van der Waals surface area contributed by atoms with E-state index in [0.29, 0.717) is 17.7 Å². The van der Waals surface area contributed by atoms with E-state index in [1.165, 1.54) is 11.8 Å². The van der Waals surface area contributed by atoms with E-state index in [1.54, 1.807) is 32.2 Å². The average molecular weight is 553 g/mol. The molecule has 0 saturated heterocycles. The summed E-state index contributed by atoms with van der Waals surface area (Å²) in [5.41, 5.74) is 4.99. The number of carbonyl (C=O) groups is 5. The number of fused-ring (bicyclic) bond motifs is 1. The van der Waals surface area contributed by atoms with Gasteiger partial charge in [-0.15, -0.1) is 11.3 Å². The van der Waals surface area contributed by atoms with E-state index in [9.17, 15) is 29.1 Å². The van der Waals surface area contributed by atoms with Crippen LogP contribution >= 0.6 is 23.1 Å². The second kappa shape index (κ2) is 11.3. The predicted octanol–water partition coefficient (Wildman–Crippen LogP) is 2.56. The number of ketones is 1. The first-order valence-electron chi connectivity index (χ1n) is 11.3. The lowest BCUT2D eigenvalue weighted by Gasteiger charge is -2.46. The summed E-state index contributed by atoms with van der Waals surface area (Å²) in [7, 11) is 0. The fourth-order valence-corrected chi connectivity index (χ4v) is 6.07. The summed E-state index contributed by atoms with van der Waals surface area (Å²) in [4.78, 5) is 65.2. The number of aromatic nitrogens is 1. The lowest BCUT2D eigenvalue weighted by molar-refractivity contribution is -0.139. The van der Waals surface area contributed by atoms with Crippen molar-refractivity contribution in [3.8, 4) is 0 Å². The number of primary amides is 1. The molecule has 0 spiro atoms. The summed E-state index contributed by atoms with van der Waals surface area (Å²) < 4.78 is 9.94. The number of thiazole rings is 1. The molecule has 200 valence electrons. The van der Waals surface area contributed by atoms with E-state index in [1.807, 2.05) is 6.92 Å². The fraction of sp³-hybridized carbons (Fsp3) is 0.478. The monoisotopic (exact) mass is 552 g/mol. The van der Waals surface area contributed by atoms with Crippen LogP contribution in [0.3, 0.4) is 0 Å². The summed E-state index contributed by atoms with van der Waals surface area (Å²) >= 11 is 2.41. The molecule has 0 radical (unpaired) electrons. The highest BCUT2D eigenvalue weighted by molar-refractivity contribution is 8.00. The third-order valence-electron chi connectivity index (χ3n) is 5.36. The molecular weight excluding hydrogens is 524 g/mol. The molecule has 14 heteroatoms. The summed E-state index contributed by atoms with van der Waals surface area (Å²) in [5, 5.41) is 16.3. The van der Waals surface area contributed by atoms with Crippen LogP contribution in [0.5, 0.6) is 0 Å². The van der Waals surface area contributed by atoms with E-state index in [4.69, 9.17) is 15.2 Å². The van der Waals surface area contributed by atoms with Crippen LogP contribution < -0.4 is 16.4 Å². The van der Waals surface area contributed by atoms with Gasteiger partial charge in [0.15, 0.2) is 10.9 Å². The average Bonchev–Trinajstić information content (AvgIpc) is 3.24. The first-order chi connectivity index (χ1) is 17.3. The highest BCUT2D eigenvalue weighted by Gasteiger charge is 2.56. The van der Waals surface area contributed by atoms with Gasteiger partial charge in [0.1, 0.15) is 18.2 Å². The Bertz CT molecular complexity index is 1180. The zero-order valence-corrected chi connectivity index (χ0v) is 22.3. The van der Waals surface area contributed by atoms with E-state index in [2.05, 4.69) is 15.6 Å². The molecule has 1 fully saturated rings. The molecule has 0 bridgehead atoms. The van der Waals surface area contributed by atoms with Crippen molar-refractivity contribution in [3.63, 3.8) is 0 Å². The van der Waals surface area contributed by atoms with Gasteiger partial charge < -0.3 is 25.6 Å². The number of thioether (sulfide) groups is 1. The van der Waals surface area contributed by atoms with Gasteiger partial charge in [0.25, 0.3) is 5.91 Å². The van der Waals surface area contributed by atoms with Crippen molar-refractivity contribution in [3.05, 3.63) is 28.3 Å². The maximum absolute atomic E-state index is 13.1. The van der Waals surface area contributed by atoms with Crippen molar-refractivity contribution >= 4 is 63.6 Å². The fourth-order valence-electron chi connectivity index (χ4n) is 3.88. The second-order valence-corrected chi connectivity index (χ2v) is 11.3. The Kier molecular flexibility index (Phi) is 8.64. The Morgan fingerprint density at radius 2 is 2.00 bits per heavy atom. The molecule has 1 aliphatic heterocycles. The summed E-state index contributed by atoms with van der Waals surface area (Å²) in [6.07, 6.45) is 0.431. The number of amides is 3.